The molecule has 0 radical (unpaired) electrons. The van der Waals surface area contributed by atoms with E-state index in [0.29, 0.717) is 12.0 Å². The van der Waals surface area contributed by atoms with Crippen LogP contribution in [0.3, 0.4) is 0 Å². The number of H-pyrrole nitrogens is 1. The van der Waals surface area contributed by atoms with E-state index in [9.17, 15) is 4.79 Å². The maximum absolute atomic E-state index is 11.0. The van der Waals surface area contributed by atoms with Gasteiger partial charge in [0, 0.05) is 37.9 Å². The lowest BCUT2D eigenvalue weighted by molar-refractivity contribution is 0.0695. The van der Waals surface area contributed by atoms with E-state index in [-0.39, 0.29) is 0 Å². The van der Waals surface area contributed by atoms with Crippen molar-refractivity contribution in [3.63, 3.8) is 0 Å². The number of likely N-dealkylation sites (N-methyl/N-ethyl adjacent to an activating group) is 1. The molecule has 5 heteroatoms. The summed E-state index contributed by atoms with van der Waals surface area (Å²) >= 11 is 0. The Hall–Kier alpha value is -1.33. The molecule has 0 spiro atoms. The highest BCUT2D eigenvalue weighted by Crippen LogP contribution is 2.13. The third-order valence-electron chi connectivity index (χ3n) is 2.65. The predicted molar refractivity (Wildman–Crippen MR) is 67.6 cm³/mol. The van der Waals surface area contributed by atoms with Crippen molar-refractivity contribution in [3.8, 4) is 0 Å². The van der Waals surface area contributed by atoms with Gasteiger partial charge in [0.1, 0.15) is 0 Å². The Kier molecular flexibility index (Phi) is 5.72. The second-order valence-electron chi connectivity index (χ2n) is 3.98. The van der Waals surface area contributed by atoms with Gasteiger partial charge >= 0.3 is 5.97 Å². The van der Waals surface area contributed by atoms with Gasteiger partial charge in [0.15, 0.2) is 0 Å². The van der Waals surface area contributed by atoms with Crippen LogP contribution in [0.25, 0.3) is 0 Å². The van der Waals surface area contributed by atoms with Crippen LogP contribution in [0.5, 0.6) is 0 Å². The van der Waals surface area contributed by atoms with Gasteiger partial charge in [-0.25, -0.2) is 4.79 Å². The van der Waals surface area contributed by atoms with Gasteiger partial charge in [-0.1, -0.05) is 6.92 Å². The van der Waals surface area contributed by atoms with E-state index in [1.807, 2.05) is 6.92 Å². The van der Waals surface area contributed by atoms with Gasteiger partial charge in [-0.15, -0.1) is 0 Å². The summed E-state index contributed by atoms with van der Waals surface area (Å²) in [7, 11) is 0. The van der Waals surface area contributed by atoms with Crippen LogP contribution in [0.15, 0.2) is 6.20 Å². The fourth-order valence-corrected chi connectivity index (χ4v) is 1.76. The first-order valence-corrected chi connectivity index (χ1v) is 5.98. The molecule has 0 saturated heterocycles. The van der Waals surface area contributed by atoms with Crippen molar-refractivity contribution in [2.24, 2.45) is 0 Å². The molecule has 0 bridgehead atoms. The van der Waals surface area contributed by atoms with Crippen molar-refractivity contribution in [3.05, 3.63) is 23.0 Å². The van der Waals surface area contributed by atoms with Crippen LogP contribution < -0.4 is 10.6 Å². The number of carbonyl (C=O) groups is 1. The molecule has 1 rings (SSSR count). The Morgan fingerprint density at radius 2 is 2.06 bits per heavy atom. The molecular formula is C12H21N3O2. The number of hydrogen-bond acceptors (Lipinski definition) is 3. The highest BCUT2D eigenvalue weighted by molar-refractivity contribution is 5.90. The number of carboxylic acid groups (broad SMARTS) is 1. The van der Waals surface area contributed by atoms with Crippen LogP contribution >= 0.6 is 0 Å². The molecule has 96 valence electrons. The third kappa shape index (κ3) is 4.20. The minimum Gasteiger partial charge on any atom is -0.478 e. The molecule has 0 aliphatic heterocycles. The molecule has 0 atom stereocenters. The molecule has 4 N–H and O–H groups in total. The molecule has 1 heterocycles. The maximum Gasteiger partial charge on any atom is 0.337 e. The zero-order valence-corrected chi connectivity index (χ0v) is 10.5. The van der Waals surface area contributed by atoms with E-state index in [1.165, 1.54) is 0 Å². The number of rotatable bonds is 8. The van der Waals surface area contributed by atoms with Gasteiger partial charge in [0.2, 0.25) is 0 Å². The fourth-order valence-electron chi connectivity index (χ4n) is 1.76. The monoisotopic (exact) mass is 239 g/mol. The maximum atomic E-state index is 11.0. The molecule has 0 amide bonds. The van der Waals surface area contributed by atoms with Gasteiger partial charge < -0.3 is 20.7 Å². The number of aromatic amines is 1. The zero-order valence-electron chi connectivity index (χ0n) is 10.5. The van der Waals surface area contributed by atoms with Crippen LogP contribution in [0.4, 0.5) is 0 Å². The minimum atomic E-state index is -0.855. The van der Waals surface area contributed by atoms with Gasteiger partial charge in [-0.3, -0.25) is 0 Å². The zero-order chi connectivity index (χ0) is 12.7. The summed E-state index contributed by atoms with van der Waals surface area (Å²) in [6, 6.07) is 0. The number of aryl methyl sites for hydroxylation is 1. The SMILES string of the molecule is CCNCCNCCc1[nH]cc(C)c1C(=O)O. The number of hydrogen-bond donors (Lipinski definition) is 4. The second-order valence-corrected chi connectivity index (χ2v) is 3.98. The van der Waals surface area contributed by atoms with E-state index in [4.69, 9.17) is 5.11 Å². The molecule has 0 aromatic carbocycles. The van der Waals surface area contributed by atoms with Gasteiger partial charge in [-0.2, -0.15) is 0 Å². The Bertz CT molecular complexity index is 361. The average Bonchev–Trinajstić information content (AvgIpc) is 2.65. The Labute approximate surface area is 102 Å². The van der Waals surface area contributed by atoms with Crippen LogP contribution in [0.1, 0.15) is 28.5 Å². The number of carboxylic acids is 1. The van der Waals surface area contributed by atoms with Gasteiger partial charge in [0.05, 0.1) is 5.56 Å². The molecule has 0 saturated carbocycles. The standard InChI is InChI=1S/C12H21N3O2/c1-3-13-6-7-14-5-4-10-11(12(16)17)9(2)8-15-10/h8,13-15H,3-7H2,1-2H3,(H,16,17). The summed E-state index contributed by atoms with van der Waals surface area (Å²) in [5.41, 5.74) is 2.00. The summed E-state index contributed by atoms with van der Waals surface area (Å²) in [5.74, 6) is -0.855. The molecule has 1 aromatic heterocycles. The van der Waals surface area contributed by atoms with Gasteiger partial charge in [0.25, 0.3) is 0 Å². The highest BCUT2D eigenvalue weighted by atomic mass is 16.4. The molecule has 5 nitrogen and oxygen atoms in total. The molecule has 1 aromatic rings. The van der Waals surface area contributed by atoms with Crippen molar-refractivity contribution in [1.29, 1.82) is 0 Å². The lowest BCUT2D eigenvalue weighted by Crippen LogP contribution is -2.28. The molecule has 17 heavy (non-hydrogen) atoms. The van der Waals surface area contributed by atoms with Gasteiger partial charge in [-0.05, 0) is 19.0 Å². The largest absolute Gasteiger partial charge is 0.478 e. The van der Waals surface area contributed by atoms with Crippen molar-refractivity contribution in [2.75, 3.05) is 26.2 Å². The van der Waals surface area contributed by atoms with E-state index >= 15 is 0 Å². The Morgan fingerprint density at radius 3 is 2.71 bits per heavy atom. The van der Waals surface area contributed by atoms with Crippen LogP contribution in [0, 0.1) is 6.92 Å². The first-order chi connectivity index (χ1) is 8.16. The summed E-state index contributed by atoms with van der Waals surface area (Å²) < 4.78 is 0. The lowest BCUT2D eigenvalue weighted by Gasteiger charge is -2.05. The van der Waals surface area contributed by atoms with Crippen molar-refractivity contribution in [2.45, 2.75) is 20.3 Å². The van der Waals surface area contributed by atoms with Crippen LogP contribution in [0.2, 0.25) is 0 Å². The topological polar surface area (TPSA) is 77.1 Å². The first-order valence-electron chi connectivity index (χ1n) is 5.98. The lowest BCUT2D eigenvalue weighted by atomic mass is 10.1. The molecule has 0 aliphatic carbocycles. The normalized spacial score (nSPS) is 10.7. The van der Waals surface area contributed by atoms with Crippen molar-refractivity contribution >= 4 is 5.97 Å². The summed E-state index contributed by atoms with van der Waals surface area (Å²) in [5, 5.41) is 15.5. The third-order valence-corrected chi connectivity index (χ3v) is 2.65. The van der Waals surface area contributed by atoms with E-state index in [1.54, 1.807) is 6.20 Å². The number of aromatic nitrogens is 1. The number of aromatic carboxylic acids is 1. The first kappa shape index (κ1) is 13.7. The summed E-state index contributed by atoms with van der Waals surface area (Å²) in [4.78, 5) is 14.0. The highest BCUT2D eigenvalue weighted by Gasteiger charge is 2.14. The quantitative estimate of drug-likeness (QED) is 0.505. The smallest absolute Gasteiger partial charge is 0.337 e. The Balaban J connectivity index is 2.34. The van der Waals surface area contributed by atoms with E-state index in [0.717, 1.165) is 37.4 Å². The molecular weight excluding hydrogens is 218 g/mol. The van der Waals surface area contributed by atoms with E-state index in [2.05, 4.69) is 22.5 Å². The fraction of sp³-hybridized carbons (Fsp3) is 0.583. The summed E-state index contributed by atoms with van der Waals surface area (Å²) in [6.07, 6.45) is 2.46. The second kappa shape index (κ2) is 7.09. The Morgan fingerprint density at radius 1 is 1.35 bits per heavy atom. The molecule has 0 unspecified atom stereocenters. The van der Waals surface area contributed by atoms with Crippen LogP contribution in [-0.2, 0) is 6.42 Å². The molecule has 0 fully saturated rings. The van der Waals surface area contributed by atoms with Crippen LogP contribution in [-0.4, -0.2) is 42.2 Å². The van der Waals surface area contributed by atoms with Crippen molar-refractivity contribution < 1.29 is 9.90 Å². The number of nitrogens with one attached hydrogen (secondary N) is 3. The summed E-state index contributed by atoms with van der Waals surface area (Å²) in [6.45, 7) is 7.47. The molecule has 0 aliphatic rings. The average molecular weight is 239 g/mol. The predicted octanol–water partition coefficient (Wildman–Crippen LogP) is 0.763. The van der Waals surface area contributed by atoms with E-state index < -0.39 is 5.97 Å². The van der Waals surface area contributed by atoms with Crippen molar-refractivity contribution in [1.82, 2.24) is 15.6 Å². The minimum absolute atomic E-state index is 0.415.